The summed E-state index contributed by atoms with van der Waals surface area (Å²) in [6.45, 7) is 3.88. The Labute approximate surface area is 121 Å². The zero-order valence-corrected chi connectivity index (χ0v) is 12.0. The van der Waals surface area contributed by atoms with E-state index in [2.05, 4.69) is 0 Å². The van der Waals surface area contributed by atoms with Gasteiger partial charge in [-0.25, -0.2) is 4.79 Å². The minimum absolute atomic E-state index is 0.0427. The van der Waals surface area contributed by atoms with Gasteiger partial charge in [0, 0.05) is 17.0 Å². The van der Waals surface area contributed by atoms with Gasteiger partial charge in [-0.2, -0.15) is 0 Å². The third-order valence-electron chi connectivity index (χ3n) is 2.62. The number of benzene rings is 1. The highest BCUT2D eigenvalue weighted by Gasteiger charge is 2.12. The second-order valence-corrected chi connectivity index (χ2v) is 5.10. The van der Waals surface area contributed by atoms with Gasteiger partial charge >= 0.3 is 5.97 Å². The van der Waals surface area contributed by atoms with Crippen LogP contribution in [0.5, 0.6) is 5.75 Å². The molecule has 0 atom stereocenters. The number of hydrogen-bond donors (Lipinski definition) is 1. The fourth-order valence-electron chi connectivity index (χ4n) is 1.83. The van der Waals surface area contributed by atoms with Crippen LogP contribution in [0.4, 0.5) is 0 Å². The molecular formula is C15H15ClO4. The third-order valence-corrected chi connectivity index (χ3v) is 2.86. The van der Waals surface area contributed by atoms with Crippen molar-refractivity contribution >= 4 is 17.6 Å². The number of hydrogen-bond acceptors (Lipinski definition) is 3. The summed E-state index contributed by atoms with van der Waals surface area (Å²) in [5.74, 6) is 0.116. The SMILES string of the molecule is CC(C)Oc1ccc(Cl)cc1Cc1ccc(C(=O)O)o1. The van der Waals surface area contributed by atoms with Gasteiger partial charge in [0.15, 0.2) is 0 Å². The largest absolute Gasteiger partial charge is 0.491 e. The number of aromatic carboxylic acids is 1. The molecule has 1 heterocycles. The van der Waals surface area contributed by atoms with E-state index in [0.29, 0.717) is 17.2 Å². The number of rotatable bonds is 5. The van der Waals surface area contributed by atoms with Crippen LogP contribution in [-0.4, -0.2) is 17.2 Å². The van der Waals surface area contributed by atoms with Crippen LogP contribution in [0.2, 0.25) is 5.02 Å². The Bertz CT molecular complexity index is 616. The molecule has 0 fully saturated rings. The molecule has 2 rings (SSSR count). The van der Waals surface area contributed by atoms with E-state index in [4.69, 9.17) is 25.9 Å². The van der Waals surface area contributed by atoms with Gasteiger partial charge in [0.05, 0.1) is 6.10 Å². The first-order valence-corrected chi connectivity index (χ1v) is 6.60. The lowest BCUT2D eigenvalue weighted by atomic mass is 10.1. The first-order valence-electron chi connectivity index (χ1n) is 6.23. The molecule has 0 aliphatic rings. The van der Waals surface area contributed by atoms with Crippen molar-refractivity contribution in [2.24, 2.45) is 0 Å². The van der Waals surface area contributed by atoms with Crippen LogP contribution < -0.4 is 4.74 Å². The fraction of sp³-hybridized carbons (Fsp3) is 0.267. The van der Waals surface area contributed by atoms with Crippen LogP contribution in [-0.2, 0) is 6.42 Å². The highest BCUT2D eigenvalue weighted by molar-refractivity contribution is 6.30. The van der Waals surface area contributed by atoms with Crippen LogP contribution in [0, 0.1) is 0 Å². The van der Waals surface area contributed by atoms with Crippen molar-refractivity contribution in [1.82, 2.24) is 0 Å². The van der Waals surface area contributed by atoms with Crippen LogP contribution in [0.3, 0.4) is 0 Å². The molecule has 1 N–H and O–H groups in total. The van der Waals surface area contributed by atoms with Crippen LogP contribution in [0.25, 0.3) is 0 Å². The van der Waals surface area contributed by atoms with Crippen molar-refractivity contribution in [2.75, 3.05) is 0 Å². The first kappa shape index (κ1) is 14.5. The summed E-state index contributed by atoms with van der Waals surface area (Å²) in [7, 11) is 0. The molecule has 0 aliphatic carbocycles. The average molecular weight is 295 g/mol. The van der Waals surface area contributed by atoms with E-state index in [9.17, 15) is 4.79 Å². The summed E-state index contributed by atoms with van der Waals surface area (Å²) >= 11 is 5.99. The topological polar surface area (TPSA) is 59.7 Å². The summed E-state index contributed by atoms with van der Waals surface area (Å²) in [5.41, 5.74) is 0.859. The van der Waals surface area contributed by atoms with Crippen molar-refractivity contribution in [3.05, 3.63) is 52.4 Å². The second kappa shape index (κ2) is 6.01. The molecule has 0 aliphatic heterocycles. The molecule has 0 spiro atoms. The maximum absolute atomic E-state index is 10.8. The van der Waals surface area contributed by atoms with Crippen molar-refractivity contribution in [2.45, 2.75) is 26.4 Å². The molecular weight excluding hydrogens is 280 g/mol. The lowest BCUT2D eigenvalue weighted by Crippen LogP contribution is -2.07. The molecule has 4 nitrogen and oxygen atoms in total. The molecule has 1 aromatic heterocycles. The Balaban J connectivity index is 2.26. The van der Waals surface area contributed by atoms with Gasteiger partial charge in [0.25, 0.3) is 0 Å². The summed E-state index contributed by atoms with van der Waals surface area (Å²) in [6.07, 6.45) is 0.469. The van der Waals surface area contributed by atoms with Crippen LogP contribution >= 0.6 is 11.6 Å². The van der Waals surface area contributed by atoms with Crippen LogP contribution in [0.15, 0.2) is 34.7 Å². The van der Waals surface area contributed by atoms with E-state index in [1.807, 2.05) is 13.8 Å². The molecule has 0 saturated heterocycles. The molecule has 0 bridgehead atoms. The molecule has 2 aromatic rings. The number of furan rings is 1. The van der Waals surface area contributed by atoms with Gasteiger partial charge in [0.1, 0.15) is 11.5 Å². The molecule has 0 amide bonds. The van der Waals surface area contributed by atoms with Gasteiger partial charge < -0.3 is 14.3 Å². The van der Waals surface area contributed by atoms with Crippen molar-refractivity contribution < 1.29 is 19.1 Å². The predicted molar refractivity (Wildman–Crippen MR) is 75.7 cm³/mol. The molecule has 0 saturated carbocycles. The monoisotopic (exact) mass is 294 g/mol. The maximum Gasteiger partial charge on any atom is 0.371 e. The summed E-state index contributed by atoms with van der Waals surface area (Å²) in [6, 6.07) is 8.43. The van der Waals surface area contributed by atoms with Crippen molar-refractivity contribution in [3.8, 4) is 5.75 Å². The quantitative estimate of drug-likeness (QED) is 0.905. The van der Waals surface area contributed by atoms with Gasteiger partial charge in [-0.05, 0) is 44.2 Å². The lowest BCUT2D eigenvalue weighted by molar-refractivity contribution is 0.0660. The fourth-order valence-corrected chi connectivity index (χ4v) is 2.03. The van der Waals surface area contributed by atoms with Gasteiger partial charge in [-0.3, -0.25) is 0 Å². The number of carboxylic acid groups (broad SMARTS) is 1. The number of halogens is 1. The normalized spacial score (nSPS) is 10.8. The molecule has 0 radical (unpaired) electrons. The molecule has 1 aromatic carbocycles. The number of carboxylic acids is 1. The molecule has 106 valence electrons. The highest BCUT2D eigenvalue weighted by atomic mass is 35.5. The van der Waals surface area contributed by atoms with Gasteiger partial charge in [-0.15, -0.1) is 0 Å². The van der Waals surface area contributed by atoms with Gasteiger partial charge in [0.2, 0.25) is 5.76 Å². The van der Waals surface area contributed by atoms with E-state index < -0.39 is 5.97 Å². The van der Waals surface area contributed by atoms with Gasteiger partial charge in [-0.1, -0.05) is 11.6 Å². The predicted octanol–water partition coefficient (Wildman–Crippen LogP) is 4.01. The second-order valence-electron chi connectivity index (χ2n) is 4.67. The minimum Gasteiger partial charge on any atom is -0.491 e. The zero-order chi connectivity index (χ0) is 14.7. The first-order chi connectivity index (χ1) is 9.45. The van der Waals surface area contributed by atoms with E-state index in [1.54, 1.807) is 24.3 Å². The van der Waals surface area contributed by atoms with Crippen molar-refractivity contribution in [3.63, 3.8) is 0 Å². The van der Waals surface area contributed by atoms with E-state index in [1.165, 1.54) is 6.07 Å². The summed E-state index contributed by atoms with van der Waals surface area (Å²) < 4.78 is 11.0. The zero-order valence-electron chi connectivity index (χ0n) is 11.2. The minimum atomic E-state index is -1.08. The Morgan fingerprint density at radius 2 is 2.10 bits per heavy atom. The van der Waals surface area contributed by atoms with E-state index in [0.717, 1.165) is 11.3 Å². The van der Waals surface area contributed by atoms with Crippen LogP contribution in [0.1, 0.15) is 35.7 Å². The Morgan fingerprint density at radius 1 is 1.35 bits per heavy atom. The summed E-state index contributed by atoms with van der Waals surface area (Å²) in [5, 5.41) is 9.44. The smallest absolute Gasteiger partial charge is 0.371 e. The number of carbonyl (C=O) groups is 1. The Kier molecular flexibility index (Phi) is 4.35. The number of ether oxygens (including phenoxy) is 1. The average Bonchev–Trinajstić information content (AvgIpc) is 2.81. The Hall–Kier alpha value is -1.94. The summed E-state index contributed by atoms with van der Waals surface area (Å²) in [4.78, 5) is 10.8. The lowest BCUT2D eigenvalue weighted by Gasteiger charge is -2.14. The maximum atomic E-state index is 10.8. The standard InChI is InChI=1S/C15H15ClO4/c1-9(2)19-13-5-3-11(16)7-10(13)8-12-4-6-14(20-12)15(17)18/h3-7,9H,8H2,1-2H3,(H,17,18). The van der Waals surface area contributed by atoms with Crippen molar-refractivity contribution in [1.29, 1.82) is 0 Å². The highest BCUT2D eigenvalue weighted by Crippen LogP contribution is 2.27. The van der Waals surface area contributed by atoms with E-state index in [-0.39, 0.29) is 11.9 Å². The third kappa shape index (κ3) is 3.54. The molecule has 20 heavy (non-hydrogen) atoms. The Morgan fingerprint density at radius 3 is 2.70 bits per heavy atom. The molecule has 0 unspecified atom stereocenters. The van der Waals surface area contributed by atoms with E-state index >= 15 is 0 Å². The molecule has 5 heteroatoms.